The highest BCUT2D eigenvalue weighted by Gasteiger charge is 2.40. The van der Waals surface area contributed by atoms with Gasteiger partial charge in [0.1, 0.15) is 11.4 Å². The highest BCUT2D eigenvalue weighted by atomic mass is 79.9. The molecule has 0 radical (unpaired) electrons. The van der Waals surface area contributed by atoms with Crippen molar-refractivity contribution < 1.29 is 9.18 Å². The summed E-state index contributed by atoms with van der Waals surface area (Å²) in [5.74, 6) is -0.417. The van der Waals surface area contributed by atoms with Crippen LogP contribution in [0.5, 0.6) is 0 Å². The number of halogens is 3. The minimum absolute atomic E-state index is 0.297. The van der Waals surface area contributed by atoms with Crippen molar-refractivity contribution in [3.05, 3.63) is 33.0 Å². The molecule has 5 heteroatoms. The summed E-state index contributed by atoms with van der Waals surface area (Å²) in [6.07, 6.45) is 4.65. The smallest absolute Gasteiger partial charge is 0.211 e. The maximum atomic E-state index is 14.0. The van der Waals surface area contributed by atoms with Gasteiger partial charge in [-0.15, -0.1) is 0 Å². The molecule has 1 aromatic carbocycles. The summed E-state index contributed by atoms with van der Waals surface area (Å²) in [5, 5.41) is 0.297. The van der Waals surface area contributed by atoms with Gasteiger partial charge in [-0.3, -0.25) is 0 Å². The van der Waals surface area contributed by atoms with E-state index < -0.39 is 11.4 Å². The number of isocyanates is 1. The summed E-state index contributed by atoms with van der Waals surface area (Å²) in [4.78, 5) is 14.4. The molecule has 1 aliphatic carbocycles. The monoisotopic (exact) mass is 317 g/mol. The minimum atomic E-state index is -0.827. The molecule has 1 saturated carbocycles. The fourth-order valence-electron chi connectivity index (χ4n) is 2.42. The van der Waals surface area contributed by atoms with E-state index in [1.54, 1.807) is 12.1 Å². The van der Waals surface area contributed by atoms with Crippen LogP contribution in [0.1, 0.15) is 31.2 Å². The van der Waals surface area contributed by atoms with Gasteiger partial charge < -0.3 is 0 Å². The molecule has 0 saturated heterocycles. The summed E-state index contributed by atoms with van der Waals surface area (Å²) in [7, 11) is 0. The van der Waals surface area contributed by atoms with Gasteiger partial charge in [-0.25, -0.2) is 9.18 Å². The number of carbonyl (C=O) groups excluding carboxylic acids is 1. The van der Waals surface area contributed by atoms with E-state index in [9.17, 15) is 9.18 Å². The van der Waals surface area contributed by atoms with Crippen LogP contribution in [0, 0.1) is 5.82 Å². The largest absolute Gasteiger partial charge is 0.235 e. The Kier molecular flexibility index (Phi) is 3.67. The Morgan fingerprint density at radius 3 is 2.65 bits per heavy atom. The molecule has 1 fully saturated rings. The van der Waals surface area contributed by atoms with Gasteiger partial charge in [0.05, 0.1) is 5.02 Å². The lowest BCUT2D eigenvalue weighted by Crippen LogP contribution is -2.21. The number of nitrogens with zero attached hydrogens (tertiary/aromatic N) is 1. The molecule has 0 aromatic heterocycles. The van der Waals surface area contributed by atoms with Crippen molar-refractivity contribution in [2.24, 2.45) is 4.99 Å². The van der Waals surface area contributed by atoms with Gasteiger partial charge in [-0.2, -0.15) is 4.99 Å². The minimum Gasteiger partial charge on any atom is -0.211 e. The molecule has 2 nitrogen and oxygen atoms in total. The molecule has 0 spiro atoms. The number of benzene rings is 1. The zero-order valence-corrected chi connectivity index (χ0v) is 11.3. The Bertz CT molecular complexity index is 494. The molecule has 0 N–H and O–H groups in total. The number of rotatable bonds is 2. The summed E-state index contributed by atoms with van der Waals surface area (Å²) in [5.41, 5.74) is -0.512. The summed E-state index contributed by atoms with van der Waals surface area (Å²) >= 11 is 9.39. The summed E-state index contributed by atoms with van der Waals surface area (Å²) in [6.45, 7) is 0. The van der Waals surface area contributed by atoms with Gasteiger partial charge in [0, 0.05) is 10.0 Å². The van der Waals surface area contributed by atoms with Crippen LogP contribution in [0.4, 0.5) is 4.39 Å². The van der Waals surface area contributed by atoms with E-state index in [1.165, 1.54) is 6.07 Å². The molecule has 0 bridgehead atoms. The second-order valence-corrected chi connectivity index (χ2v) is 5.39. The second-order valence-electron chi connectivity index (χ2n) is 4.16. The molecule has 90 valence electrons. The Morgan fingerprint density at radius 2 is 2.06 bits per heavy atom. The number of hydrogen-bond acceptors (Lipinski definition) is 2. The molecule has 0 aliphatic heterocycles. The van der Waals surface area contributed by atoms with E-state index in [2.05, 4.69) is 20.9 Å². The maximum absolute atomic E-state index is 14.0. The van der Waals surface area contributed by atoms with Crippen molar-refractivity contribution in [1.29, 1.82) is 0 Å². The van der Waals surface area contributed by atoms with Gasteiger partial charge in [0.25, 0.3) is 0 Å². The first kappa shape index (κ1) is 12.7. The van der Waals surface area contributed by atoms with E-state index in [-0.39, 0.29) is 0 Å². The van der Waals surface area contributed by atoms with Crippen molar-refractivity contribution >= 4 is 33.6 Å². The third kappa shape index (κ3) is 2.17. The second kappa shape index (κ2) is 4.89. The third-order valence-corrected chi connectivity index (χ3v) is 4.48. The quantitative estimate of drug-likeness (QED) is 0.453. The van der Waals surface area contributed by atoms with Gasteiger partial charge in [0.15, 0.2) is 0 Å². The van der Waals surface area contributed by atoms with Crippen molar-refractivity contribution in [3.8, 4) is 0 Å². The number of aliphatic imine (C=N–C) groups is 1. The predicted molar refractivity (Wildman–Crippen MR) is 67.4 cm³/mol. The van der Waals surface area contributed by atoms with Gasteiger partial charge >= 0.3 is 0 Å². The topological polar surface area (TPSA) is 29.4 Å². The molecule has 0 heterocycles. The zero-order valence-electron chi connectivity index (χ0n) is 8.97. The first-order chi connectivity index (χ1) is 8.10. The fraction of sp³-hybridized carbons (Fsp3) is 0.417. The summed E-state index contributed by atoms with van der Waals surface area (Å²) in [6, 6.07) is 2.89. The molecule has 1 aliphatic rings. The van der Waals surface area contributed by atoms with E-state index in [0.717, 1.165) is 12.8 Å². The van der Waals surface area contributed by atoms with Crippen LogP contribution in [0.2, 0.25) is 5.02 Å². The Labute approximate surface area is 112 Å². The Balaban J connectivity index is 2.65. The molecule has 17 heavy (non-hydrogen) atoms. The van der Waals surface area contributed by atoms with Crippen molar-refractivity contribution in [2.75, 3.05) is 0 Å². The van der Waals surface area contributed by atoms with Crippen LogP contribution in [0.3, 0.4) is 0 Å². The Morgan fingerprint density at radius 1 is 1.41 bits per heavy atom. The molecular weight excluding hydrogens is 308 g/mol. The van der Waals surface area contributed by atoms with Crippen LogP contribution in [0.25, 0.3) is 0 Å². The van der Waals surface area contributed by atoms with Crippen molar-refractivity contribution in [2.45, 2.75) is 31.2 Å². The van der Waals surface area contributed by atoms with Crippen LogP contribution >= 0.6 is 27.5 Å². The first-order valence-electron chi connectivity index (χ1n) is 5.34. The molecule has 2 rings (SSSR count). The van der Waals surface area contributed by atoms with Gasteiger partial charge in [-0.1, -0.05) is 24.4 Å². The Hall–Kier alpha value is -0.700. The lowest BCUT2D eigenvalue weighted by Gasteiger charge is -2.25. The summed E-state index contributed by atoms with van der Waals surface area (Å²) < 4.78 is 14.6. The van der Waals surface area contributed by atoms with E-state index >= 15 is 0 Å². The molecule has 0 atom stereocenters. The average Bonchev–Trinajstić information content (AvgIpc) is 2.74. The predicted octanol–water partition coefficient (Wildman–Crippen LogP) is 4.35. The molecule has 0 unspecified atom stereocenters. The highest BCUT2D eigenvalue weighted by Crippen LogP contribution is 2.47. The van der Waals surface area contributed by atoms with Crippen LogP contribution < -0.4 is 0 Å². The van der Waals surface area contributed by atoms with Crippen LogP contribution in [-0.4, -0.2) is 6.08 Å². The van der Waals surface area contributed by atoms with Gasteiger partial charge in [0.2, 0.25) is 6.08 Å². The zero-order chi connectivity index (χ0) is 12.5. The van der Waals surface area contributed by atoms with Crippen LogP contribution in [0.15, 0.2) is 21.6 Å². The van der Waals surface area contributed by atoms with Crippen molar-refractivity contribution in [1.82, 2.24) is 0 Å². The normalized spacial score (nSPS) is 17.8. The average molecular weight is 319 g/mol. The maximum Gasteiger partial charge on any atom is 0.235 e. The molecule has 0 amide bonds. The van der Waals surface area contributed by atoms with E-state index in [4.69, 9.17) is 11.6 Å². The third-order valence-electron chi connectivity index (χ3n) is 3.20. The lowest BCUT2D eigenvalue weighted by molar-refractivity contribution is 0.430. The first-order valence-corrected chi connectivity index (χ1v) is 6.51. The fourth-order valence-corrected chi connectivity index (χ4v) is 3.08. The number of hydrogen-bond donors (Lipinski definition) is 0. The molecular formula is C12H10BrClFNO. The van der Waals surface area contributed by atoms with E-state index in [1.807, 2.05) is 0 Å². The van der Waals surface area contributed by atoms with Gasteiger partial charge in [-0.05, 0) is 40.9 Å². The SMILES string of the molecule is O=C=NC1(c2c(F)ccc(Br)c2Cl)CCCC1. The van der Waals surface area contributed by atoms with Crippen molar-refractivity contribution in [3.63, 3.8) is 0 Å². The molecule has 1 aromatic rings. The standard InChI is InChI=1S/C12H10BrClFNO/c13-8-3-4-9(15)10(11(8)14)12(16-7-17)5-1-2-6-12/h3-4H,1-2,5-6H2. The van der Waals surface area contributed by atoms with Crippen LogP contribution in [-0.2, 0) is 10.3 Å². The lowest BCUT2D eigenvalue weighted by atomic mass is 9.88. The van der Waals surface area contributed by atoms with E-state index in [0.29, 0.717) is 27.9 Å². The highest BCUT2D eigenvalue weighted by molar-refractivity contribution is 9.10.